The second-order valence-electron chi connectivity index (χ2n) is 4.63. The molecule has 1 N–H and O–H groups in total. The number of rotatable bonds is 3. The molecule has 2 fully saturated rings. The van der Waals surface area contributed by atoms with Crippen molar-refractivity contribution >= 4 is 6.03 Å². The maximum atomic E-state index is 11.4. The fraction of sp³-hybridized carbons (Fsp3) is 0.636. The van der Waals surface area contributed by atoms with E-state index in [1.807, 2.05) is 17.4 Å². The van der Waals surface area contributed by atoms with E-state index in [9.17, 15) is 4.79 Å². The number of nitrogens with zero attached hydrogens (tertiary/aromatic N) is 4. The third kappa shape index (κ3) is 2.12. The number of imidazole rings is 1. The number of fused-ring (bicyclic) bond motifs is 1. The summed E-state index contributed by atoms with van der Waals surface area (Å²) < 4.78 is 2.09. The summed E-state index contributed by atoms with van der Waals surface area (Å²) in [4.78, 5) is 19.8. The minimum atomic E-state index is 0.101. The van der Waals surface area contributed by atoms with Gasteiger partial charge in [-0.15, -0.1) is 0 Å². The molecule has 2 saturated heterocycles. The van der Waals surface area contributed by atoms with Crippen LogP contribution in [0.4, 0.5) is 4.79 Å². The Morgan fingerprint density at radius 2 is 2.35 bits per heavy atom. The number of piperazine rings is 1. The highest BCUT2D eigenvalue weighted by Crippen LogP contribution is 2.13. The molecule has 92 valence electrons. The Balaban J connectivity index is 1.52. The highest BCUT2D eigenvalue weighted by Gasteiger charge is 2.34. The average Bonchev–Trinajstić information content (AvgIpc) is 2.97. The highest BCUT2D eigenvalue weighted by molar-refractivity contribution is 5.77. The molecular formula is C11H17N5O. The van der Waals surface area contributed by atoms with Crippen LogP contribution in [0.2, 0.25) is 0 Å². The van der Waals surface area contributed by atoms with E-state index in [2.05, 4.69) is 19.8 Å². The van der Waals surface area contributed by atoms with Crippen LogP contribution in [0.5, 0.6) is 0 Å². The molecule has 1 aromatic heterocycles. The molecule has 1 atom stereocenters. The molecule has 2 aliphatic heterocycles. The summed E-state index contributed by atoms with van der Waals surface area (Å²) in [6, 6.07) is 0.461. The van der Waals surface area contributed by atoms with Gasteiger partial charge in [0.05, 0.1) is 12.4 Å². The molecular weight excluding hydrogens is 218 g/mol. The van der Waals surface area contributed by atoms with Gasteiger partial charge < -0.3 is 14.8 Å². The van der Waals surface area contributed by atoms with Crippen molar-refractivity contribution in [2.45, 2.75) is 12.6 Å². The van der Waals surface area contributed by atoms with Crippen molar-refractivity contribution in [2.75, 3.05) is 32.7 Å². The second-order valence-corrected chi connectivity index (χ2v) is 4.63. The molecule has 0 radical (unpaired) electrons. The van der Waals surface area contributed by atoms with Crippen LogP contribution >= 0.6 is 0 Å². The standard InChI is InChI=1S/C11H17N5O/c17-11-13-7-10-8-14(5-6-16(10)11)3-4-15-2-1-12-9-15/h1-2,9-10H,3-8H2,(H,13,17). The molecule has 0 aliphatic carbocycles. The van der Waals surface area contributed by atoms with E-state index in [1.165, 1.54) is 0 Å². The lowest BCUT2D eigenvalue weighted by Gasteiger charge is -2.36. The van der Waals surface area contributed by atoms with E-state index >= 15 is 0 Å². The summed E-state index contributed by atoms with van der Waals surface area (Å²) in [6.07, 6.45) is 5.63. The number of carbonyl (C=O) groups excluding carboxylic acids is 1. The molecule has 0 aromatic carbocycles. The van der Waals surface area contributed by atoms with Crippen molar-refractivity contribution in [2.24, 2.45) is 0 Å². The third-order valence-corrected chi connectivity index (χ3v) is 3.55. The zero-order valence-corrected chi connectivity index (χ0v) is 9.75. The number of urea groups is 1. The fourth-order valence-electron chi connectivity index (χ4n) is 2.55. The number of hydrogen-bond acceptors (Lipinski definition) is 3. The number of hydrogen-bond donors (Lipinski definition) is 1. The van der Waals surface area contributed by atoms with Crippen LogP contribution in [0, 0.1) is 0 Å². The molecule has 0 saturated carbocycles. The molecule has 2 amide bonds. The predicted octanol–water partition coefficient (Wildman–Crippen LogP) is -0.407. The van der Waals surface area contributed by atoms with Crippen LogP contribution in [-0.2, 0) is 6.54 Å². The largest absolute Gasteiger partial charge is 0.336 e. The minimum absolute atomic E-state index is 0.101. The van der Waals surface area contributed by atoms with Gasteiger partial charge in [0.15, 0.2) is 0 Å². The van der Waals surface area contributed by atoms with Crippen LogP contribution in [0.1, 0.15) is 0 Å². The smallest absolute Gasteiger partial charge is 0.317 e. The number of aromatic nitrogens is 2. The zero-order valence-electron chi connectivity index (χ0n) is 9.75. The Kier molecular flexibility index (Phi) is 2.72. The van der Waals surface area contributed by atoms with Crippen LogP contribution < -0.4 is 5.32 Å². The summed E-state index contributed by atoms with van der Waals surface area (Å²) in [5, 5.41) is 2.90. The lowest BCUT2D eigenvalue weighted by Crippen LogP contribution is -2.52. The molecule has 1 aromatic rings. The first-order valence-corrected chi connectivity index (χ1v) is 6.05. The van der Waals surface area contributed by atoms with Gasteiger partial charge in [0.1, 0.15) is 0 Å². The van der Waals surface area contributed by atoms with Crippen LogP contribution in [0.15, 0.2) is 18.7 Å². The van der Waals surface area contributed by atoms with Crippen LogP contribution in [0.3, 0.4) is 0 Å². The first-order chi connectivity index (χ1) is 8.33. The van der Waals surface area contributed by atoms with E-state index in [1.54, 1.807) is 6.20 Å². The predicted molar refractivity (Wildman–Crippen MR) is 62.6 cm³/mol. The quantitative estimate of drug-likeness (QED) is 0.775. The van der Waals surface area contributed by atoms with Crippen molar-refractivity contribution in [3.63, 3.8) is 0 Å². The Labute approximate surface area is 100 Å². The van der Waals surface area contributed by atoms with E-state index in [0.29, 0.717) is 6.04 Å². The van der Waals surface area contributed by atoms with Crippen molar-refractivity contribution in [1.82, 2.24) is 24.7 Å². The summed E-state index contributed by atoms with van der Waals surface area (Å²) in [5.74, 6) is 0. The van der Waals surface area contributed by atoms with Gasteiger partial charge in [0.25, 0.3) is 0 Å². The Hall–Kier alpha value is -1.56. The maximum Gasteiger partial charge on any atom is 0.317 e. The second kappa shape index (κ2) is 4.37. The molecule has 1 unspecified atom stereocenters. The molecule has 3 rings (SSSR count). The number of carbonyl (C=O) groups is 1. The Morgan fingerprint density at radius 1 is 1.41 bits per heavy atom. The van der Waals surface area contributed by atoms with Gasteiger partial charge in [0.2, 0.25) is 0 Å². The summed E-state index contributed by atoms with van der Waals surface area (Å²) in [6.45, 7) is 5.58. The van der Waals surface area contributed by atoms with Crippen LogP contribution in [-0.4, -0.2) is 64.1 Å². The number of nitrogens with one attached hydrogen (secondary N) is 1. The minimum Gasteiger partial charge on any atom is -0.336 e. The first-order valence-electron chi connectivity index (χ1n) is 6.05. The highest BCUT2D eigenvalue weighted by atomic mass is 16.2. The maximum absolute atomic E-state index is 11.4. The van der Waals surface area contributed by atoms with Gasteiger partial charge in [-0.05, 0) is 0 Å². The molecule has 0 spiro atoms. The topological polar surface area (TPSA) is 53.4 Å². The van der Waals surface area contributed by atoms with E-state index < -0.39 is 0 Å². The summed E-state index contributed by atoms with van der Waals surface area (Å²) >= 11 is 0. The van der Waals surface area contributed by atoms with E-state index in [0.717, 1.165) is 39.3 Å². The normalized spacial score (nSPS) is 24.8. The van der Waals surface area contributed by atoms with Gasteiger partial charge in [-0.3, -0.25) is 4.90 Å². The Bertz CT molecular complexity index is 391. The lowest BCUT2D eigenvalue weighted by molar-refractivity contribution is 0.118. The molecule has 3 heterocycles. The van der Waals surface area contributed by atoms with Gasteiger partial charge in [-0.25, -0.2) is 9.78 Å². The molecule has 2 aliphatic rings. The summed E-state index contributed by atoms with van der Waals surface area (Å²) in [5.41, 5.74) is 0. The average molecular weight is 235 g/mol. The summed E-state index contributed by atoms with van der Waals surface area (Å²) in [7, 11) is 0. The molecule has 0 bridgehead atoms. The van der Waals surface area contributed by atoms with Gasteiger partial charge in [-0.1, -0.05) is 0 Å². The zero-order chi connectivity index (χ0) is 11.7. The van der Waals surface area contributed by atoms with Crippen molar-refractivity contribution in [3.05, 3.63) is 18.7 Å². The van der Waals surface area contributed by atoms with E-state index in [-0.39, 0.29) is 6.03 Å². The van der Waals surface area contributed by atoms with Crippen LogP contribution in [0.25, 0.3) is 0 Å². The van der Waals surface area contributed by atoms with Gasteiger partial charge >= 0.3 is 6.03 Å². The number of amides is 2. The fourth-order valence-corrected chi connectivity index (χ4v) is 2.55. The third-order valence-electron chi connectivity index (χ3n) is 3.55. The monoisotopic (exact) mass is 235 g/mol. The molecule has 17 heavy (non-hydrogen) atoms. The van der Waals surface area contributed by atoms with Gasteiger partial charge in [0, 0.05) is 51.7 Å². The SMILES string of the molecule is O=C1NCC2CN(CCn3ccnc3)CCN12. The first kappa shape index (κ1) is 10.6. The van der Waals surface area contributed by atoms with Crippen molar-refractivity contribution in [1.29, 1.82) is 0 Å². The lowest BCUT2D eigenvalue weighted by atomic mass is 10.2. The van der Waals surface area contributed by atoms with Gasteiger partial charge in [-0.2, -0.15) is 0 Å². The van der Waals surface area contributed by atoms with Crippen molar-refractivity contribution < 1.29 is 4.79 Å². The van der Waals surface area contributed by atoms with E-state index in [4.69, 9.17) is 0 Å². The molecule has 6 nitrogen and oxygen atoms in total. The Morgan fingerprint density at radius 3 is 3.18 bits per heavy atom. The molecule has 6 heteroatoms. The van der Waals surface area contributed by atoms with Crippen molar-refractivity contribution in [3.8, 4) is 0 Å².